The van der Waals surface area contributed by atoms with E-state index in [9.17, 15) is 9.90 Å². The van der Waals surface area contributed by atoms with E-state index in [2.05, 4.69) is 27.4 Å². The van der Waals surface area contributed by atoms with Gasteiger partial charge in [0.2, 0.25) is 5.91 Å². The molecular weight excluding hydrogens is 452 g/mol. The summed E-state index contributed by atoms with van der Waals surface area (Å²) in [5, 5.41) is 11.5. The van der Waals surface area contributed by atoms with E-state index in [4.69, 9.17) is 9.97 Å². The lowest BCUT2D eigenvalue weighted by Crippen LogP contribution is -2.54. The monoisotopic (exact) mass is 486 g/mol. The topological polar surface area (TPSA) is 87.4 Å². The van der Waals surface area contributed by atoms with Crippen molar-refractivity contribution in [1.29, 1.82) is 0 Å². The Labute approximate surface area is 211 Å². The van der Waals surface area contributed by atoms with Gasteiger partial charge in [0.25, 0.3) is 0 Å². The fourth-order valence-electron chi connectivity index (χ4n) is 5.42. The Balaban J connectivity index is 1.26. The predicted octanol–water partition coefficient (Wildman–Crippen LogP) is 3.73. The van der Waals surface area contributed by atoms with Gasteiger partial charge in [0.1, 0.15) is 11.3 Å². The van der Waals surface area contributed by atoms with E-state index in [1.54, 1.807) is 18.1 Å². The number of likely N-dealkylation sites (N-methyl/N-ethyl adjacent to an activating group) is 1. The van der Waals surface area contributed by atoms with Gasteiger partial charge in [-0.2, -0.15) is 0 Å². The highest BCUT2D eigenvalue weighted by molar-refractivity contribution is 5.88. The van der Waals surface area contributed by atoms with Gasteiger partial charge in [-0.25, -0.2) is 9.97 Å². The summed E-state index contributed by atoms with van der Waals surface area (Å²) in [6, 6.07) is 14.0. The van der Waals surface area contributed by atoms with Crippen LogP contribution in [0.15, 0.2) is 48.7 Å². The summed E-state index contributed by atoms with van der Waals surface area (Å²) in [5.74, 6) is 0.942. The first-order valence-corrected chi connectivity index (χ1v) is 12.7. The smallest absolute Gasteiger partial charge is 0.222 e. The van der Waals surface area contributed by atoms with Crippen molar-refractivity contribution in [3.8, 4) is 0 Å². The lowest BCUT2D eigenvalue weighted by molar-refractivity contribution is -0.133. The number of nitrogens with zero attached hydrogens (tertiary/aromatic N) is 6. The lowest BCUT2D eigenvalue weighted by atomic mass is 9.91. The van der Waals surface area contributed by atoms with Gasteiger partial charge in [-0.15, -0.1) is 0 Å². The van der Waals surface area contributed by atoms with Gasteiger partial charge in [0.05, 0.1) is 34.4 Å². The fourth-order valence-corrected chi connectivity index (χ4v) is 5.42. The molecule has 0 bridgehead atoms. The van der Waals surface area contributed by atoms with Crippen molar-refractivity contribution in [1.82, 2.24) is 24.4 Å². The van der Waals surface area contributed by atoms with Gasteiger partial charge in [0, 0.05) is 51.4 Å². The number of β-amino-alcohol motifs (C(OH)–C–C–N with tert-alkyl or cyclic N) is 1. The highest BCUT2D eigenvalue weighted by Crippen LogP contribution is 2.30. The maximum Gasteiger partial charge on any atom is 0.222 e. The third kappa shape index (κ3) is 4.78. The Kier molecular flexibility index (Phi) is 6.62. The van der Waals surface area contributed by atoms with Crippen molar-refractivity contribution in [3.05, 3.63) is 60.2 Å². The number of carbonyl (C=O) groups excluding carboxylic acids is 1. The van der Waals surface area contributed by atoms with Crippen LogP contribution in [0.4, 0.5) is 5.69 Å². The number of hydrogen-bond acceptors (Lipinski definition) is 6. The minimum absolute atomic E-state index is 0.0157. The predicted molar refractivity (Wildman–Crippen MR) is 142 cm³/mol. The van der Waals surface area contributed by atoms with E-state index in [1.807, 2.05) is 43.3 Å². The molecule has 1 aliphatic heterocycles. The molecule has 5 rings (SSSR count). The molecule has 4 heterocycles. The van der Waals surface area contributed by atoms with E-state index in [-0.39, 0.29) is 5.91 Å². The molecule has 0 spiro atoms. The number of piperidine rings is 1. The quantitative estimate of drug-likeness (QED) is 0.428. The van der Waals surface area contributed by atoms with Crippen molar-refractivity contribution >= 4 is 33.7 Å². The maximum atomic E-state index is 13.1. The second-order valence-corrected chi connectivity index (χ2v) is 9.91. The molecule has 1 N–H and O–H groups in total. The summed E-state index contributed by atoms with van der Waals surface area (Å²) < 4.78 is 2.17. The molecule has 1 amide bonds. The number of aryl methyl sites for hydroxylation is 3. The van der Waals surface area contributed by atoms with Crippen LogP contribution in [0.2, 0.25) is 0 Å². The molecule has 1 fully saturated rings. The van der Waals surface area contributed by atoms with E-state index in [0.29, 0.717) is 32.4 Å². The number of anilines is 1. The summed E-state index contributed by atoms with van der Waals surface area (Å²) in [7, 11) is 1.79. The number of imidazole rings is 1. The third-order valence-corrected chi connectivity index (χ3v) is 7.17. The SMILES string of the molecule is CCn1c(CCC(=O)N(C)C[C@@]2(O)CCCN(c3ccnc4ccc(C)nc34)C2)nc2ccccc21. The summed E-state index contributed by atoms with van der Waals surface area (Å²) in [6.07, 6.45) is 4.22. The van der Waals surface area contributed by atoms with Crippen molar-refractivity contribution in [2.45, 2.75) is 51.7 Å². The van der Waals surface area contributed by atoms with Gasteiger partial charge in [-0.3, -0.25) is 9.78 Å². The highest BCUT2D eigenvalue weighted by atomic mass is 16.3. The Hall–Kier alpha value is -3.52. The molecular formula is C28H34N6O2. The minimum atomic E-state index is -0.987. The van der Waals surface area contributed by atoms with E-state index in [0.717, 1.165) is 58.8 Å². The molecule has 4 aromatic rings. The van der Waals surface area contributed by atoms with Crippen LogP contribution in [0.5, 0.6) is 0 Å². The van der Waals surface area contributed by atoms with E-state index < -0.39 is 5.60 Å². The van der Waals surface area contributed by atoms with Crippen LogP contribution >= 0.6 is 0 Å². The summed E-state index contributed by atoms with van der Waals surface area (Å²) in [6.45, 7) is 6.46. The summed E-state index contributed by atoms with van der Waals surface area (Å²) >= 11 is 0. The standard InChI is InChI=1S/C28H34N6O2/c1-4-34-23-9-6-5-8-21(23)31-25(34)12-13-26(35)32(3)18-28(36)15-7-17-33(19-28)24-14-16-29-22-11-10-20(2)30-27(22)24/h5-6,8-11,14,16,36H,4,7,12-13,15,17-19H2,1-3H3/t28-/m0/s1. The molecule has 36 heavy (non-hydrogen) atoms. The number of carbonyl (C=O) groups is 1. The van der Waals surface area contributed by atoms with Crippen molar-refractivity contribution < 1.29 is 9.90 Å². The van der Waals surface area contributed by atoms with Crippen molar-refractivity contribution in [2.75, 3.05) is 31.6 Å². The van der Waals surface area contributed by atoms with Crippen molar-refractivity contribution in [2.24, 2.45) is 0 Å². The first-order chi connectivity index (χ1) is 17.4. The average molecular weight is 487 g/mol. The molecule has 1 atom stereocenters. The zero-order valence-corrected chi connectivity index (χ0v) is 21.3. The van der Waals surface area contributed by atoms with E-state index >= 15 is 0 Å². The fraction of sp³-hybridized carbons (Fsp3) is 0.429. The Morgan fingerprint density at radius 3 is 2.81 bits per heavy atom. The number of fused-ring (bicyclic) bond motifs is 2. The molecule has 0 unspecified atom stereocenters. The van der Waals surface area contributed by atoms with E-state index in [1.165, 1.54) is 0 Å². The molecule has 1 saturated heterocycles. The zero-order chi connectivity index (χ0) is 25.3. The van der Waals surface area contributed by atoms with Gasteiger partial charge in [-0.05, 0) is 57.0 Å². The van der Waals surface area contributed by atoms with Crippen LogP contribution in [0.3, 0.4) is 0 Å². The maximum absolute atomic E-state index is 13.1. The van der Waals surface area contributed by atoms with Gasteiger partial charge in [-0.1, -0.05) is 12.1 Å². The molecule has 0 saturated carbocycles. The van der Waals surface area contributed by atoms with Gasteiger partial charge < -0.3 is 19.5 Å². The number of benzene rings is 1. The highest BCUT2D eigenvalue weighted by Gasteiger charge is 2.36. The van der Waals surface area contributed by atoms with Gasteiger partial charge in [0.15, 0.2) is 0 Å². The number of amides is 1. The molecule has 3 aromatic heterocycles. The van der Waals surface area contributed by atoms with Gasteiger partial charge >= 0.3 is 0 Å². The number of hydrogen-bond donors (Lipinski definition) is 1. The molecule has 188 valence electrons. The zero-order valence-electron chi connectivity index (χ0n) is 21.3. The van der Waals surface area contributed by atoms with Crippen LogP contribution < -0.4 is 4.90 Å². The summed E-state index contributed by atoms with van der Waals surface area (Å²) in [4.78, 5) is 30.8. The second-order valence-electron chi connectivity index (χ2n) is 9.91. The molecule has 1 aliphatic rings. The molecule has 0 radical (unpaired) electrons. The van der Waals surface area contributed by atoms with Crippen LogP contribution in [0.1, 0.15) is 37.7 Å². The Morgan fingerprint density at radius 2 is 1.97 bits per heavy atom. The summed E-state index contributed by atoms with van der Waals surface area (Å²) in [5.41, 5.74) is 4.68. The van der Waals surface area contributed by atoms with Crippen LogP contribution in [0, 0.1) is 6.92 Å². The molecule has 0 aliphatic carbocycles. The van der Waals surface area contributed by atoms with Crippen LogP contribution in [0.25, 0.3) is 22.1 Å². The molecule has 1 aromatic carbocycles. The number of aliphatic hydroxyl groups is 1. The first-order valence-electron chi connectivity index (χ1n) is 12.7. The number of aromatic nitrogens is 4. The second kappa shape index (κ2) is 9.85. The number of para-hydroxylation sites is 2. The molecule has 8 heteroatoms. The normalized spacial score (nSPS) is 18.2. The number of rotatable bonds is 7. The average Bonchev–Trinajstić information content (AvgIpc) is 3.24. The Bertz CT molecular complexity index is 1400. The first kappa shape index (κ1) is 24.2. The van der Waals surface area contributed by atoms with Crippen molar-refractivity contribution in [3.63, 3.8) is 0 Å². The van der Waals surface area contributed by atoms with Crippen LogP contribution in [-0.4, -0.2) is 67.7 Å². The number of pyridine rings is 2. The third-order valence-electron chi connectivity index (χ3n) is 7.17. The Morgan fingerprint density at radius 1 is 1.14 bits per heavy atom. The minimum Gasteiger partial charge on any atom is -0.386 e. The lowest BCUT2D eigenvalue weighted by Gasteiger charge is -2.42. The van der Waals surface area contributed by atoms with Crippen LogP contribution in [-0.2, 0) is 17.8 Å². The largest absolute Gasteiger partial charge is 0.386 e. The molecule has 8 nitrogen and oxygen atoms in total.